The minimum atomic E-state index is 0.0523. The summed E-state index contributed by atoms with van der Waals surface area (Å²) >= 11 is 0. The van der Waals surface area contributed by atoms with Crippen LogP contribution in [0, 0.1) is 20.8 Å². The van der Waals surface area contributed by atoms with Gasteiger partial charge in [-0.25, -0.2) is 0 Å². The fourth-order valence-corrected chi connectivity index (χ4v) is 2.73. The molecular weight excluding hydrogens is 344 g/mol. The lowest BCUT2D eigenvalue weighted by Gasteiger charge is -2.15. The van der Waals surface area contributed by atoms with Crippen LogP contribution in [0.4, 0.5) is 11.4 Å². The van der Waals surface area contributed by atoms with E-state index in [2.05, 4.69) is 0 Å². The summed E-state index contributed by atoms with van der Waals surface area (Å²) in [4.78, 5) is 0. The molecule has 0 fully saturated rings. The third-order valence-corrected chi connectivity index (χ3v) is 4.30. The maximum Gasteiger partial charge on any atom is 0.141 e. The van der Waals surface area contributed by atoms with Crippen LogP contribution in [-0.4, -0.2) is 10.2 Å². The summed E-state index contributed by atoms with van der Waals surface area (Å²) < 4.78 is 11.9. The number of aromatic hydroxyl groups is 2. The monoisotopic (exact) mass is 366 g/mol. The first-order valence-electron chi connectivity index (χ1n) is 8.39. The van der Waals surface area contributed by atoms with Crippen molar-refractivity contribution >= 4 is 11.4 Å². The molecule has 0 amide bonds. The lowest BCUT2D eigenvalue weighted by Crippen LogP contribution is -1.95. The van der Waals surface area contributed by atoms with Gasteiger partial charge < -0.3 is 31.2 Å². The van der Waals surface area contributed by atoms with Crippen molar-refractivity contribution in [3.63, 3.8) is 0 Å². The molecule has 3 aromatic rings. The van der Waals surface area contributed by atoms with Gasteiger partial charge in [0.05, 0.1) is 11.4 Å². The van der Waals surface area contributed by atoms with E-state index in [0.29, 0.717) is 34.1 Å². The Morgan fingerprint density at radius 3 is 1.48 bits per heavy atom. The topological polar surface area (TPSA) is 111 Å². The van der Waals surface area contributed by atoms with Crippen molar-refractivity contribution < 1.29 is 19.7 Å². The van der Waals surface area contributed by atoms with Crippen molar-refractivity contribution in [2.75, 3.05) is 11.5 Å². The van der Waals surface area contributed by atoms with E-state index < -0.39 is 0 Å². The van der Waals surface area contributed by atoms with Crippen molar-refractivity contribution in [1.82, 2.24) is 0 Å². The molecule has 3 aromatic carbocycles. The zero-order valence-electron chi connectivity index (χ0n) is 15.4. The normalized spacial score (nSPS) is 10.6. The molecule has 6 nitrogen and oxygen atoms in total. The minimum Gasteiger partial charge on any atom is -0.506 e. The maximum atomic E-state index is 9.80. The molecule has 0 unspecified atom stereocenters. The van der Waals surface area contributed by atoms with Crippen LogP contribution in [0.1, 0.15) is 16.7 Å². The van der Waals surface area contributed by atoms with E-state index in [1.165, 1.54) is 0 Å². The number of nitrogen functional groups attached to an aromatic ring is 2. The number of rotatable bonds is 4. The summed E-state index contributed by atoms with van der Waals surface area (Å²) in [5.74, 6) is 2.34. The molecule has 0 saturated carbocycles. The number of phenolic OH excluding ortho intramolecular Hbond substituents is 2. The van der Waals surface area contributed by atoms with Gasteiger partial charge in [-0.05, 0) is 56.2 Å². The molecular formula is C21H22N2O4. The average molecular weight is 366 g/mol. The molecule has 27 heavy (non-hydrogen) atoms. The molecule has 0 aliphatic carbocycles. The van der Waals surface area contributed by atoms with Crippen LogP contribution in [0.2, 0.25) is 0 Å². The van der Waals surface area contributed by atoms with Crippen molar-refractivity contribution in [2.24, 2.45) is 0 Å². The van der Waals surface area contributed by atoms with Gasteiger partial charge in [0.15, 0.2) is 0 Å². The zero-order valence-corrected chi connectivity index (χ0v) is 15.4. The van der Waals surface area contributed by atoms with E-state index in [4.69, 9.17) is 20.9 Å². The molecule has 6 heteroatoms. The Labute approximate surface area is 157 Å². The minimum absolute atomic E-state index is 0.0523. The summed E-state index contributed by atoms with van der Waals surface area (Å²) in [5.41, 5.74) is 14.1. The van der Waals surface area contributed by atoms with Gasteiger partial charge in [0.25, 0.3) is 0 Å². The largest absolute Gasteiger partial charge is 0.506 e. The Hall–Kier alpha value is -3.54. The first-order valence-corrected chi connectivity index (χ1v) is 8.39. The number of nitrogens with two attached hydrogens (primary N) is 2. The standard InChI is InChI=1S/C21H22N2O4/c1-11-7-14(9-16(22)20(11)24)26-18-5-4-6-19(13(18)3)27-15-8-12(2)21(25)17(23)10-15/h4-10,24-25H,22-23H2,1-3H3. The van der Waals surface area contributed by atoms with Crippen LogP contribution in [0.5, 0.6) is 34.5 Å². The number of hydrogen-bond donors (Lipinski definition) is 4. The lowest BCUT2D eigenvalue weighted by molar-refractivity contribution is 0.446. The predicted octanol–water partition coefficient (Wildman–Crippen LogP) is 4.77. The number of hydrogen-bond acceptors (Lipinski definition) is 6. The molecule has 0 atom stereocenters. The lowest BCUT2D eigenvalue weighted by atomic mass is 10.1. The second-order valence-corrected chi connectivity index (χ2v) is 6.44. The summed E-state index contributed by atoms with van der Waals surface area (Å²) in [6.45, 7) is 5.38. The average Bonchev–Trinajstić information content (AvgIpc) is 2.61. The molecule has 0 spiro atoms. The highest BCUT2D eigenvalue weighted by atomic mass is 16.5. The molecule has 0 heterocycles. The van der Waals surface area contributed by atoms with E-state index >= 15 is 0 Å². The maximum absolute atomic E-state index is 9.80. The summed E-state index contributed by atoms with van der Waals surface area (Å²) in [7, 11) is 0. The van der Waals surface area contributed by atoms with Gasteiger partial charge in [-0.1, -0.05) is 6.07 Å². The molecule has 6 N–H and O–H groups in total. The van der Waals surface area contributed by atoms with Gasteiger partial charge in [-0.15, -0.1) is 0 Å². The second kappa shape index (κ2) is 6.99. The smallest absolute Gasteiger partial charge is 0.141 e. The van der Waals surface area contributed by atoms with Gasteiger partial charge >= 0.3 is 0 Å². The number of ether oxygens (including phenoxy) is 2. The fourth-order valence-electron chi connectivity index (χ4n) is 2.73. The third kappa shape index (κ3) is 3.69. The highest BCUT2D eigenvalue weighted by Gasteiger charge is 2.12. The van der Waals surface area contributed by atoms with Crippen LogP contribution in [-0.2, 0) is 0 Å². The predicted molar refractivity (Wildman–Crippen MR) is 106 cm³/mol. The Morgan fingerprint density at radius 1 is 0.704 bits per heavy atom. The van der Waals surface area contributed by atoms with Gasteiger partial charge in [0.1, 0.15) is 34.5 Å². The fraction of sp³-hybridized carbons (Fsp3) is 0.143. The Balaban J connectivity index is 1.90. The van der Waals surface area contributed by atoms with Gasteiger partial charge in [-0.3, -0.25) is 0 Å². The zero-order chi connectivity index (χ0) is 19.7. The van der Waals surface area contributed by atoms with Crippen LogP contribution in [0.3, 0.4) is 0 Å². The Bertz CT molecular complexity index is 891. The van der Waals surface area contributed by atoms with Crippen molar-refractivity contribution in [3.8, 4) is 34.5 Å². The Kier molecular flexibility index (Phi) is 4.73. The molecule has 0 radical (unpaired) electrons. The van der Waals surface area contributed by atoms with Crippen molar-refractivity contribution in [2.45, 2.75) is 20.8 Å². The first kappa shape index (κ1) is 18.3. The number of anilines is 2. The molecule has 0 aliphatic rings. The number of benzene rings is 3. The third-order valence-electron chi connectivity index (χ3n) is 4.30. The molecule has 0 aliphatic heterocycles. The van der Waals surface area contributed by atoms with Crippen molar-refractivity contribution in [3.05, 3.63) is 59.2 Å². The number of aryl methyl sites for hydroxylation is 2. The SMILES string of the molecule is Cc1cc(Oc2cccc(Oc3cc(C)c(O)c(N)c3)c2C)cc(N)c1O. The highest BCUT2D eigenvalue weighted by molar-refractivity contribution is 5.61. The first-order chi connectivity index (χ1) is 12.8. The van der Waals surface area contributed by atoms with E-state index in [1.54, 1.807) is 38.1 Å². The van der Waals surface area contributed by atoms with E-state index in [0.717, 1.165) is 5.56 Å². The Morgan fingerprint density at radius 2 is 1.11 bits per heavy atom. The molecule has 0 bridgehead atoms. The van der Waals surface area contributed by atoms with Crippen LogP contribution >= 0.6 is 0 Å². The van der Waals surface area contributed by atoms with E-state index in [1.807, 2.05) is 25.1 Å². The quantitative estimate of drug-likeness (QED) is 0.391. The van der Waals surface area contributed by atoms with Crippen molar-refractivity contribution in [1.29, 1.82) is 0 Å². The van der Waals surface area contributed by atoms with Gasteiger partial charge in [0.2, 0.25) is 0 Å². The molecule has 0 aromatic heterocycles. The van der Waals surface area contributed by atoms with E-state index in [9.17, 15) is 10.2 Å². The highest BCUT2D eigenvalue weighted by Crippen LogP contribution is 2.38. The molecule has 0 saturated heterocycles. The van der Waals surface area contributed by atoms with Gasteiger partial charge in [0, 0.05) is 17.7 Å². The summed E-state index contributed by atoms with van der Waals surface area (Å²) in [6, 6.07) is 12.0. The van der Waals surface area contributed by atoms with Crippen LogP contribution in [0.25, 0.3) is 0 Å². The summed E-state index contributed by atoms with van der Waals surface area (Å²) in [5, 5.41) is 19.6. The molecule has 140 valence electrons. The second-order valence-electron chi connectivity index (χ2n) is 6.44. The van der Waals surface area contributed by atoms with Gasteiger partial charge in [-0.2, -0.15) is 0 Å². The number of phenols is 2. The summed E-state index contributed by atoms with van der Waals surface area (Å²) in [6.07, 6.45) is 0. The van der Waals surface area contributed by atoms with Crippen LogP contribution < -0.4 is 20.9 Å². The van der Waals surface area contributed by atoms with Crippen LogP contribution in [0.15, 0.2) is 42.5 Å². The molecule has 3 rings (SSSR count). The van der Waals surface area contributed by atoms with E-state index in [-0.39, 0.29) is 22.9 Å².